The highest BCUT2D eigenvalue weighted by Gasteiger charge is 2.03. The van der Waals surface area contributed by atoms with Gasteiger partial charge in [0.25, 0.3) is 10.1 Å². The SMILES string of the molecule is CC(=N)OCCS(=O)(=O)O.Cl. The number of ether oxygens (including phenoxy) is 1. The van der Waals surface area contributed by atoms with E-state index in [-0.39, 0.29) is 24.9 Å². The van der Waals surface area contributed by atoms with Gasteiger partial charge in [-0.15, -0.1) is 12.4 Å². The molecule has 0 rings (SSSR count). The van der Waals surface area contributed by atoms with E-state index in [1.165, 1.54) is 6.92 Å². The largest absolute Gasteiger partial charge is 0.480 e. The molecule has 11 heavy (non-hydrogen) atoms. The van der Waals surface area contributed by atoms with Gasteiger partial charge in [0.15, 0.2) is 5.90 Å². The molecule has 0 fully saturated rings. The first-order chi connectivity index (χ1) is 4.42. The predicted octanol–water partition coefficient (Wildman–Crippen LogP) is 0.310. The quantitative estimate of drug-likeness (QED) is 0.393. The fourth-order valence-corrected chi connectivity index (χ4v) is 0.594. The van der Waals surface area contributed by atoms with Crippen molar-refractivity contribution in [3.63, 3.8) is 0 Å². The molecule has 0 spiro atoms. The fraction of sp³-hybridized carbons (Fsp3) is 0.750. The van der Waals surface area contributed by atoms with Crippen LogP contribution < -0.4 is 0 Å². The van der Waals surface area contributed by atoms with E-state index in [4.69, 9.17) is 9.96 Å². The average Bonchev–Trinajstić information content (AvgIpc) is 1.59. The molecule has 0 amide bonds. The second-order valence-corrected chi connectivity index (χ2v) is 3.26. The Labute approximate surface area is 71.4 Å². The third-order valence-corrected chi connectivity index (χ3v) is 1.34. The number of halogens is 1. The molecule has 2 N–H and O–H groups in total. The van der Waals surface area contributed by atoms with E-state index in [2.05, 4.69) is 4.74 Å². The summed E-state index contributed by atoms with van der Waals surface area (Å²) < 4.78 is 32.6. The lowest BCUT2D eigenvalue weighted by Gasteiger charge is -1.99. The fourth-order valence-electron chi connectivity index (χ4n) is 0.300. The summed E-state index contributed by atoms with van der Waals surface area (Å²) in [6.07, 6.45) is 0. The minimum atomic E-state index is -3.94. The monoisotopic (exact) mass is 203 g/mol. The molecule has 0 atom stereocenters. The summed E-state index contributed by atoms with van der Waals surface area (Å²) in [6, 6.07) is 0. The molecule has 0 aliphatic heterocycles. The molecule has 0 bridgehead atoms. The molecule has 0 aromatic heterocycles. The van der Waals surface area contributed by atoms with Gasteiger partial charge in [-0.3, -0.25) is 9.96 Å². The maximum absolute atomic E-state index is 10.0. The van der Waals surface area contributed by atoms with Crippen LogP contribution >= 0.6 is 12.4 Å². The lowest BCUT2D eigenvalue weighted by atomic mass is 10.7. The van der Waals surface area contributed by atoms with Crippen molar-refractivity contribution in [2.24, 2.45) is 0 Å². The van der Waals surface area contributed by atoms with Crippen LogP contribution in [0.15, 0.2) is 0 Å². The van der Waals surface area contributed by atoms with Gasteiger partial charge in [0.1, 0.15) is 12.4 Å². The maximum atomic E-state index is 10.0. The Hall–Kier alpha value is -0.330. The maximum Gasteiger partial charge on any atom is 0.268 e. The van der Waals surface area contributed by atoms with Crippen molar-refractivity contribution in [2.45, 2.75) is 6.92 Å². The molecule has 0 heterocycles. The van der Waals surface area contributed by atoms with Gasteiger partial charge in [-0.1, -0.05) is 0 Å². The van der Waals surface area contributed by atoms with E-state index < -0.39 is 15.9 Å². The Morgan fingerprint density at radius 1 is 1.64 bits per heavy atom. The Morgan fingerprint density at radius 2 is 2.09 bits per heavy atom. The van der Waals surface area contributed by atoms with Gasteiger partial charge >= 0.3 is 0 Å². The number of nitrogens with one attached hydrogen (secondary N) is 1. The van der Waals surface area contributed by atoms with E-state index in [0.717, 1.165) is 0 Å². The van der Waals surface area contributed by atoms with Gasteiger partial charge in [-0.2, -0.15) is 8.42 Å². The average molecular weight is 204 g/mol. The van der Waals surface area contributed by atoms with E-state index in [1.807, 2.05) is 0 Å². The summed E-state index contributed by atoms with van der Waals surface area (Å²) in [7, 11) is -3.94. The van der Waals surface area contributed by atoms with Crippen molar-refractivity contribution in [3.8, 4) is 0 Å². The summed E-state index contributed by atoms with van der Waals surface area (Å²) >= 11 is 0. The first-order valence-electron chi connectivity index (χ1n) is 2.55. The van der Waals surface area contributed by atoms with Gasteiger partial charge in [-0.25, -0.2) is 0 Å². The molecular formula is C4H10ClNO4S. The van der Waals surface area contributed by atoms with Gasteiger partial charge in [0, 0.05) is 6.92 Å². The van der Waals surface area contributed by atoms with Crippen molar-refractivity contribution in [2.75, 3.05) is 12.4 Å². The number of hydrogen-bond acceptors (Lipinski definition) is 4. The molecule has 68 valence electrons. The summed E-state index contributed by atoms with van der Waals surface area (Å²) in [4.78, 5) is 0. The normalized spacial score (nSPS) is 10.0. The van der Waals surface area contributed by atoms with Crippen molar-refractivity contribution in [3.05, 3.63) is 0 Å². The van der Waals surface area contributed by atoms with Crippen molar-refractivity contribution >= 4 is 28.4 Å². The zero-order valence-electron chi connectivity index (χ0n) is 5.90. The summed E-state index contributed by atoms with van der Waals surface area (Å²) in [5, 5.41) is 6.70. The second kappa shape index (κ2) is 5.34. The number of rotatable bonds is 3. The molecule has 0 saturated heterocycles. The summed E-state index contributed by atoms with van der Waals surface area (Å²) in [6.45, 7) is 1.21. The zero-order chi connectivity index (χ0) is 8.20. The van der Waals surface area contributed by atoms with Crippen molar-refractivity contribution in [1.82, 2.24) is 0 Å². The minimum Gasteiger partial charge on any atom is -0.480 e. The van der Waals surface area contributed by atoms with Gasteiger partial charge in [-0.05, 0) is 0 Å². The van der Waals surface area contributed by atoms with Crippen LogP contribution in [0.4, 0.5) is 0 Å². The topological polar surface area (TPSA) is 87.5 Å². The zero-order valence-corrected chi connectivity index (χ0v) is 7.54. The molecule has 0 aromatic carbocycles. The van der Waals surface area contributed by atoms with Crippen LogP contribution in [0.1, 0.15) is 6.92 Å². The van der Waals surface area contributed by atoms with Gasteiger partial charge in [0.05, 0.1) is 0 Å². The highest BCUT2D eigenvalue weighted by molar-refractivity contribution is 7.85. The molecular weight excluding hydrogens is 194 g/mol. The smallest absolute Gasteiger partial charge is 0.268 e. The van der Waals surface area contributed by atoms with Crippen LogP contribution in [0.5, 0.6) is 0 Å². The number of hydrogen-bond donors (Lipinski definition) is 2. The van der Waals surface area contributed by atoms with Crippen LogP contribution in [0.25, 0.3) is 0 Å². The third-order valence-electron chi connectivity index (χ3n) is 0.660. The highest BCUT2D eigenvalue weighted by atomic mass is 35.5. The van der Waals surface area contributed by atoms with Crippen LogP contribution in [0, 0.1) is 5.41 Å². The van der Waals surface area contributed by atoms with Crippen molar-refractivity contribution < 1.29 is 17.7 Å². The molecule has 0 unspecified atom stereocenters. The standard InChI is InChI=1S/C4H9NO4S.ClH/c1-4(5)9-2-3-10(6,7)8;/h5H,2-3H2,1H3,(H,6,7,8);1H. The first kappa shape index (κ1) is 13.3. The molecule has 0 aliphatic rings. The summed E-state index contributed by atoms with van der Waals surface area (Å²) in [5.74, 6) is -0.535. The van der Waals surface area contributed by atoms with Crippen LogP contribution in [-0.4, -0.2) is 31.2 Å². The van der Waals surface area contributed by atoms with E-state index in [9.17, 15) is 8.42 Å². The molecule has 0 aromatic rings. The van der Waals surface area contributed by atoms with Crippen LogP contribution in [0.2, 0.25) is 0 Å². The molecule has 5 nitrogen and oxygen atoms in total. The molecule has 0 saturated carbocycles. The van der Waals surface area contributed by atoms with Crippen LogP contribution in [-0.2, 0) is 14.9 Å². The van der Waals surface area contributed by atoms with E-state index in [1.54, 1.807) is 0 Å². The van der Waals surface area contributed by atoms with Gasteiger partial charge in [0.2, 0.25) is 0 Å². The Kier molecular flexibility index (Phi) is 6.44. The third kappa shape index (κ3) is 12.8. The van der Waals surface area contributed by atoms with Crippen molar-refractivity contribution in [1.29, 1.82) is 5.41 Å². The highest BCUT2D eigenvalue weighted by Crippen LogP contribution is 1.83. The van der Waals surface area contributed by atoms with E-state index >= 15 is 0 Å². The predicted molar refractivity (Wildman–Crippen MR) is 43.0 cm³/mol. The minimum absolute atomic E-state index is 0. The molecule has 7 heteroatoms. The van der Waals surface area contributed by atoms with Crippen LogP contribution in [0.3, 0.4) is 0 Å². The summed E-state index contributed by atoms with van der Waals surface area (Å²) in [5.41, 5.74) is 0. The van der Waals surface area contributed by atoms with E-state index in [0.29, 0.717) is 0 Å². The Balaban J connectivity index is 0. The lowest BCUT2D eigenvalue weighted by Crippen LogP contribution is -2.12. The van der Waals surface area contributed by atoms with Gasteiger partial charge < -0.3 is 4.74 Å². The molecule has 0 aliphatic carbocycles. The second-order valence-electron chi connectivity index (χ2n) is 1.69. The Morgan fingerprint density at radius 3 is 2.36 bits per heavy atom. The lowest BCUT2D eigenvalue weighted by molar-refractivity contribution is 0.318. The Bertz CT molecular complexity index is 212. The first-order valence-corrected chi connectivity index (χ1v) is 4.16. The molecule has 0 radical (unpaired) electrons.